The van der Waals surface area contributed by atoms with Crippen LogP contribution in [0.1, 0.15) is 0 Å². The number of phenolic OH excluding ortho intramolecular Hbond substituents is 1. The van der Waals surface area contributed by atoms with E-state index in [1.807, 2.05) is 0 Å². The highest BCUT2D eigenvalue weighted by atomic mass is 19.4. The second-order valence-corrected chi connectivity index (χ2v) is 2.29. The lowest BCUT2D eigenvalue weighted by molar-refractivity contribution is -0.100. The number of aromatic hydroxyl groups is 1. The Kier molecular flexibility index (Phi) is 2.31. The van der Waals surface area contributed by atoms with Gasteiger partial charge in [-0.2, -0.15) is 13.2 Å². The molecule has 0 amide bonds. The molecule has 1 aromatic rings. The summed E-state index contributed by atoms with van der Waals surface area (Å²) >= 11 is 0. The average molecular weight is 195 g/mol. The van der Waals surface area contributed by atoms with E-state index in [2.05, 4.69) is 0 Å². The van der Waals surface area contributed by atoms with Gasteiger partial charge >= 0.3 is 6.30 Å². The van der Waals surface area contributed by atoms with Gasteiger partial charge in [-0.15, -0.1) is 0 Å². The van der Waals surface area contributed by atoms with E-state index >= 15 is 0 Å². The Morgan fingerprint density at radius 1 is 1.23 bits per heavy atom. The first-order valence-electron chi connectivity index (χ1n) is 3.22. The molecule has 72 valence electrons. The Bertz CT molecular complexity index is 310. The highest BCUT2D eigenvalue weighted by Gasteiger charge is 2.28. The van der Waals surface area contributed by atoms with Crippen molar-refractivity contribution in [1.82, 2.24) is 0 Å². The Hall–Kier alpha value is -1.46. The maximum absolute atomic E-state index is 12.7. The van der Waals surface area contributed by atoms with E-state index in [4.69, 9.17) is 5.11 Å². The van der Waals surface area contributed by atoms with Gasteiger partial charge < -0.3 is 5.11 Å². The third kappa shape index (κ3) is 2.81. The first kappa shape index (κ1) is 9.63. The monoisotopic (exact) mass is 195 g/mol. The van der Waals surface area contributed by atoms with Crippen LogP contribution in [0.15, 0.2) is 18.2 Å². The molecule has 0 aliphatic carbocycles. The van der Waals surface area contributed by atoms with E-state index in [1.54, 1.807) is 0 Å². The lowest BCUT2D eigenvalue weighted by atomic mass is 10.3. The molecule has 0 radical (unpaired) electrons. The number of hydrogen-bond donors (Lipinski definition) is 2. The molecule has 0 saturated heterocycles. The second-order valence-electron chi connectivity index (χ2n) is 2.29. The zero-order valence-electron chi connectivity index (χ0n) is 6.19. The van der Waals surface area contributed by atoms with Crippen LogP contribution in [0.5, 0.6) is 5.75 Å². The molecule has 0 unspecified atom stereocenters. The molecule has 0 aliphatic heterocycles. The Morgan fingerprint density at radius 2 is 1.85 bits per heavy atom. The number of hydrogen-bond acceptors (Lipinski definition) is 2. The van der Waals surface area contributed by atoms with Crippen LogP contribution in [0.3, 0.4) is 0 Å². The molecule has 0 fully saturated rings. The summed E-state index contributed by atoms with van der Waals surface area (Å²) in [6.07, 6.45) is -4.68. The van der Waals surface area contributed by atoms with Gasteiger partial charge in [0, 0.05) is 6.07 Å². The summed E-state index contributed by atoms with van der Waals surface area (Å²) in [7, 11) is 0. The van der Waals surface area contributed by atoms with Crippen molar-refractivity contribution in [3.63, 3.8) is 0 Å². The highest BCUT2D eigenvalue weighted by Crippen LogP contribution is 2.24. The van der Waals surface area contributed by atoms with Crippen molar-refractivity contribution in [2.45, 2.75) is 6.30 Å². The third-order valence-electron chi connectivity index (χ3n) is 1.23. The lowest BCUT2D eigenvalue weighted by Crippen LogP contribution is -2.21. The fourth-order valence-corrected chi connectivity index (χ4v) is 0.758. The standard InChI is InChI=1S/C7H5F4NO/c8-5-3-4(13)1-2-6(5)12-7(9,10)11/h1-3,12-13H. The molecule has 0 aromatic heterocycles. The molecule has 0 heterocycles. The molecule has 1 aromatic carbocycles. The average Bonchev–Trinajstić information content (AvgIpc) is 1.93. The van der Waals surface area contributed by atoms with Crippen molar-refractivity contribution >= 4 is 5.69 Å². The van der Waals surface area contributed by atoms with Crippen LogP contribution >= 0.6 is 0 Å². The van der Waals surface area contributed by atoms with E-state index in [9.17, 15) is 17.6 Å². The summed E-state index contributed by atoms with van der Waals surface area (Å²) in [4.78, 5) is 0. The van der Waals surface area contributed by atoms with E-state index in [1.165, 1.54) is 0 Å². The summed E-state index contributed by atoms with van der Waals surface area (Å²) in [5.41, 5.74) is -0.717. The summed E-state index contributed by atoms with van der Waals surface area (Å²) in [6.45, 7) is 0. The van der Waals surface area contributed by atoms with Gasteiger partial charge in [0.15, 0.2) is 0 Å². The normalized spacial score (nSPS) is 11.4. The van der Waals surface area contributed by atoms with Crippen LogP contribution in [-0.4, -0.2) is 11.4 Å². The van der Waals surface area contributed by atoms with Gasteiger partial charge in [-0.05, 0) is 12.1 Å². The number of alkyl halides is 3. The second kappa shape index (κ2) is 3.12. The SMILES string of the molecule is Oc1ccc(NC(F)(F)F)c(F)c1. The smallest absolute Gasteiger partial charge is 0.482 e. The van der Waals surface area contributed by atoms with E-state index in [0.717, 1.165) is 17.4 Å². The van der Waals surface area contributed by atoms with Crippen molar-refractivity contribution in [3.05, 3.63) is 24.0 Å². The number of nitrogens with one attached hydrogen (secondary N) is 1. The van der Waals surface area contributed by atoms with Gasteiger partial charge in [0.05, 0.1) is 5.69 Å². The van der Waals surface area contributed by atoms with Gasteiger partial charge in [-0.3, -0.25) is 5.32 Å². The van der Waals surface area contributed by atoms with Gasteiger partial charge in [0.1, 0.15) is 11.6 Å². The minimum absolute atomic E-state index is 0.426. The number of phenols is 1. The molecule has 2 N–H and O–H groups in total. The summed E-state index contributed by atoms with van der Waals surface area (Å²) < 4.78 is 47.7. The minimum Gasteiger partial charge on any atom is -0.508 e. The first-order chi connectivity index (χ1) is 5.88. The van der Waals surface area contributed by atoms with Crippen LogP contribution < -0.4 is 5.32 Å². The topological polar surface area (TPSA) is 32.3 Å². The molecule has 0 bridgehead atoms. The van der Waals surface area contributed by atoms with Gasteiger partial charge in [-0.25, -0.2) is 4.39 Å². The van der Waals surface area contributed by atoms with E-state index < -0.39 is 23.6 Å². The number of anilines is 1. The van der Waals surface area contributed by atoms with Crippen molar-refractivity contribution < 1.29 is 22.7 Å². The first-order valence-corrected chi connectivity index (χ1v) is 3.22. The maximum atomic E-state index is 12.7. The molecule has 0 saturated carbocycles. The summed E-state index contributed by atoms with van der Waals surface area (Å²) in [6, 6.07) is 2.35. The summed E-state index contributed by atoms with van der Waals surface area (Å²) in [5, 5.41) is 9.68. The molecule has 1 rings (SSSR count). The van der Waals surface area contributed by atoms with Crippen molar-refractivity contribution in [2.75, 3.05) is 5.32 Å². The molecular formula is C7H5F4NO. The quantitative estimate of drug-likeness (QED) is 0.410. The van der Waals surface area contributed by atoms with Crippen molar-refractivity contribution in [2.24, 2.45) is 0 Å². The zero-order chi connectivity index (χ0) is 10.1. The Labute approximate surface area is 70.8 Å². The minimum atomic E-state index is -4.68. The van der Waals surface area contributed by atoms with E-state index in [-0.39, 0.29) is 0 Å². The number of rotatable bonds is 1. The maximum Gasteiger partial charge on any atom is 0.482 e. The van der Waals surface area contributed by atoms with E-state index in [0.29, 0.717) is 6.07 Å². The largest absolute Gasteiger partial charge is 0.508 e. The van der Waals surface area contributed by atoms with Crippen molar-refractivity contribution in [3.8, 4) is 5.75 Å². The van der Waals surface area contributed by atoms with Gasteiger partial charge in [0.2, 0.25) is 0 Å². The third-order valence-corrected chi connectivity index (χ3v) is 1.23. The lowest BCUT2D eigenvalue weighted by Gasteiger charge is -2.10. The van der Waals surface area contributed by atoms with Crippen LogP contribution in [0.25, 0.3) is 0 Å². The number of halogens is 4. The van der Waals surface area contributed by atoms with Crippen LogP contribution in [0, 0.1) is 5.82 Å². The molecule has 2 nitrogen and oxygen atoms in total. The van der Waals surface area contributed by atoms with Crippen LogP contribution in [0.2, 0.25) is 0 Å². The molecule has 0 atom stereocenters. The Balaban J connectivity index is 2.90. The van der Waals surface area contributed by atoms with Crippen molar-refractivity contribution in [1.29, 1.82) is 0 Å². The van der Waals surface area contributed by atoms with Gasteiger partial charge in [-0.1, -0.05) is 0 Å². The molecule has 6 heteroatoms. The number of benzene rings is 1. The molecule has 13 heavy (non-hydrogen) atoms. The zero-order valence-corrected chi connectivity index (χ0v) is 6.19. The summed E-state index contributed by atoms with van der Waals surface area (Å²) in [5.74, 6) is -1.58. The molecule has 0 aliphatic rings. The van der Waals surface area contributed by atoms with Crippen LogP contribution in [0.4, 0.5) is 23.2 Å². The Morgan fingerprint density at radius 3 is 2.31 bits per heavy atom. The highest BCUT2D eigenvalue weighted by molar-refractivity contribution is 5.48. The fraction of sp³-hybridized carbons (Fsp3) is 0.143. The van der Waals surface area contributed by atoms with Gasteiger partial charge in [0.25, 0.3) is 0 Å². The van der Waals surface area contributed by atoms with Crippen LogP contribution in [-0.2, 0) is 0 Å². The predicted molar refractivity (Wildman–Crippen MR) is 37.7 cm³/mol. The molecular weight excluding hydrogens is 190 g/mol. The molecule has 0 spiro atoms. The fourth-order valence-electron chi connectivity index (χ4n) is 0.758. The predicted octanol–water partition coefficient (Wildman–Crippen LogP) is 2.46.